The van der Waals surface area contributed by atoms with Gasteiger partial charge in [-0.15, -0.1) is 0 Å². The van der Waals surface area contributed by atoms with Gasteiger partial charge in [0.2, 0.25) is 0 Å². The molecule has 3 nitrogen and oxygen atoms in total. The lowest BCUT2D eigenvalue weighted by molar-refractivity contribution is 0.0540. The lowest BCUT2D eigenvalue weighted by atomic mass is 9.94. The summed E-state index contributed by atoms with van der Waals surface area (Å²) in [5, 5.41) is 12.6. The maximum absolute atomic E-state index is 9.14. The third-order valence-corrected chi connectivity index (χ3v) is 3.17. The number of nitrogens with zero attached hydrogens (tertiary/aromatic N) is 1. The molecule has 3 heteroatoms. The number of nitrogens with one attached hydrogen (secondary N) is 1. The number of anilines is 1. The molecule has 1 unspecified atom stereocenters. The van der Waals surface area contributed by atoms with E-state index in [2.05, 4.69) is 18.3 Å². The summed E-state index contributed by atoms with van der Waals surface area (Å²) in [6.07, 6.45) is 2.14. The second kappa shape index (κ2) is 4.77. The number of benzene rings is 1. The number of aryl methyl sites for hydroxylation is 1. The second-order valence-corrected chi connectivity index (χ2v) is 5.00. The molecule has 2 rings (SSSR count). The summed E-state index contributed by atoms with van der Waals surface area (Å²) in [6.45, 7) is 5.69. The van der Waals surface area contributed by atoms with Crippen LogP contribution >= 0.6 is 0 Å². The zero-order valence-electron chi connectivity index (χ0n) is 10.4. The van der Waals surface area contributed by atoms with E-state index >= 15 is 0 Å². The fourth-order valence-corrected chi connectivity index (χ4v) is 2.22. The molecule has 1 N–H and O–H groups in total. The molecule has 0 amide bonds. The highest BCUT2D eigenvalue weighted by Crippen LogP contribution is 2.26. The quantitative estimate of drug-likeness (QED) is 0.849. The molecule has 1 atom stereocenters. The number of ether oxygens (including phenoxy) is 1. The lowest BCUT2D eigenvalue weighted by Gasteiger charge is -2.35. The Kier molecular flexibility index (Phi) is 3.35. The van der Waals surface area contributed by atoms with E-state index in [0.29, 0.717) is 12.2 Å². The van der Waals surface area contributed by atoms with Gasteiger partial charge in [-0.1, -0.05) is 6.07 Å². The minimum Gasteiger partial charge on any atom is -0.379 e. The fourth-order valence-electron chi connectivity index (χ4n) is 2.22. The molecule has 0 aliphatic carbocycles. The molecule has 0 aromatic heterocycles. The second-order valence-electron chi connectivity index (χ2n) is 5.00. The number of hydrogen-bond acceptors (Lipinski definition) is 3. The topological polar surface area (TPSA) is 45.0 Å². The van der Waals surface area contributed by atoms with Crippen LogP contribution in [0.25, 0.3) is 0 Å². The maximum Gasteiger partial charge on any atom is 0.101 e. The van der Waals surface area contributed by atoms with Gasteiger partial charge in [0.15, 0.2) is 0 Å². The van der Waals surface area contributed by atoms with Gasteiger partial charge in [-0.2, -0.15) is 5.26 Å². The molecule has 1 aliphatic rings. The van der Waals surface area contributed by atoms with Gasteiger partial charge in [0, 0.05) is 6.61 Å². The monoisotopic (exact) mass is 230 g/mol. The summed E-state index contributed by atoms with van der Waals surface area (Å²) in [4.78, 5) is 0. The molecule has 1 heterocycles. The van der Waals surface area contributed by atoms with Crippen LogP contribution in [0.2, 0.25) is 0 Å². The van der Waals surface area contributed by atoms with E-state index in [0.717, 1.165) is 30.7 Å². The minimum atomic E-state index is -0.0564. The fraction of sp³-hybridized carbons (Fsp3) is 0.500. The summed E-state index contributed by atoms with van der Waals surface area (Å²) in [5.41, 5.74) is 2.67. The Balaban J connectivity index is 2.20. The SMILES string of the molecule is Cc1ccc(NC2(C)CCCOC2)c(C#N)c1. The molecule has 90 valence electrons. The Morgan fingerprint density at radius 2 is 2.29 bits per heavy atom. The van der Waals surface area contributed by atoms with Gasteiger partial charge < -0.3 is 10.1 Å². The summed E-state index contributed by atoms with van der Waals surface area (Å²) < 4.78 is 5.51. The van der Waals surface area contributed by atoms with Crippen molar-refractivity contribution < 1.29 is 4.74 Å². The van der Waals surface area contributed by atoms with Gasteiger partial charge in [0.1, 0.15) is 6.07 Å². The first-order valence-electron chi connectivity index (χ1n) is 6.00. The average molecular weight is 230 g/mol. The van der Waals surface area contributed by atoms with Gasteiger partial charge in [0.25, 0.3) is 0 Å². The van der Waals surface area contributed by atoms with Crippen molar-refractivity contribution in [2.75, 3.05) is 18.5 Å². The molecule has 1 aromatic rings. The summed E-state index contributed by atoms with van der Waals surface area (Å²) in [5.74, 6) is 0. The van der Waals surface area contributed by atoms with E-state index in [9.17, 15) is 0 Å². The van der Waals surface area contributed by atoms with Crippen LogP contribution in [0.4, 0.5) is 5.69 Å². The smallest absolute Gasteiger partial charge is 0.101 e. The molecule has 1 aliphatic heterocycles. The van der Waals surface area contributed by atoms with Crippen LogP contribution in [0.1, 0.15) is 30.9 Å². The van der Waals surface area contributed by atoms with Crippen LogP contribution in [0.15, 0.2) is 18.2 Å². The van der Waals surface area contributed by atoms with Gasteiger partial charge in [-0.3, -0.25) is 0 Å². The van der Waals surface area contributed by atoms with Crippen LogP contribution in [0, 0.1) is 18.3 Å². The molecule has 0 bridgehead atoms. The predicted octanol–water partition coefficient (Wildman–Crippen LogP) is 2.85. The van der Waals surface area contributed by atoms with E-state index < -0.39 is 0 Å². The highest BCUT2D eigenvalue weighted by atomic mass is 16.5. The van der Waals surface area contributed by atoms with E-state index in [4.69, 9.17) is 10.00 Å². The van der Waals surface area contributed by atoms with E-state index in [1.165, 1.54) is 0 Å². The minimum absolute atomic E-state index is 0.0564. The van der Waals surface area contributed by atoms with Crippen LogP contribution < -0.4 is 5.32 Å². The zero-order chi connectivity index (χ0) is 12.3. The normalized spacial score (nSPS) is 24.1. The van der Waals surface area contributed by atoms with Crippen molar-refractivity contribution in [2.45, 2.75) is 32.2 Å². The Labute approximate surface area is 102 Å². The van der Waals surface area contributed by atoms with Gasteiger partial charge >= 0.3 is 0 Å². The number of hydrogen-bond donors (Lipinski definition) is 1. The Morgan fingerprint density at radius 1 is 1.47 bits per heavy atom. The van der Waals surface area contributed by atoms with Crippen LogP contribution in [0.5, 0.6) is 0 Å². The predicted molar refractivity (Wildman–Crippen MR) is 68.0 cm³/mol. The van der Waals surface area contributed by atoms with Crippen molar-refractivity contribution in [1.82, 2.24) is 0 Å². The van der Waals surface area contributed by atoms with Crippen molar-refractivity contribution in [1.29, 1.82) is 5.26 Å². The standard InChI is InChI=1S/C14H18N2O/c1-11-4-5-13(12(8-11)9-15)16-14(2)6-3-7-17-10-14/h4-5,8,16H,3,6-7,10H2,1-2H3. The van der Waals surface area contributed by atoms with E-state index in [-0.39, 0.29) is 5.54 Å². The lowest BCUT2D eigenvalue weighted by Crippen LogP contribution is -2.43. The van der Waals surface area contributed by atoms with Gasteiger partial charge in [-0.05, 0) is 44.4 Å². The average Bonchev–Trinajstić information content (AvgIpc) is 2.32. The highest BCUT2D eigenvalue weighted by molar-refractivity contribution is 5.59. The molecule has 1 aromatic carbocycles. The van der Waals surface area contributed by atoms with Crippen LogP contribution in [-0.4, -0.2) is 18.8 Å². The van der Waals surface area contributed by atoms with Crippen molar-refractivity contribution >= 4 is 5.69 Å². The number of rotatable bonds is 2. The van der Waals surface area contributed by atoms with Crippen LogP contribution in [-0.2, 0) is 4.74 Å². The van der Waals surface area contributed by atoms with E-state index in [1.54, 1.807) is 0 Å². The van der Waals surface area contributed by atoms with Crippen molar-refractivity contribution in [2.24, 2.45) is 0 Å². The Hall–Kier alpha value is -1.53. The van der Waals surface area contributed by atoms with Crippen LogP contribution in [0.3, 0.4) is 0 Å². The molecular formula is C14H18N2O. The molecule has 0 saturated carbocycles. The maximum atomic E-state index is 9.14. The summed E-state index contributed by atoms with van der Waals surface area (Å²) >= 11 is 0. The van der Waals surface area contributed by atoms with Gasteiger partial charge in [0.05, 0.1) is 23.4 Å². The molecule has 17 heavy (non-hydrogen) atoms. The number of nitriles is 1. The molecule has 0 spiro atoms. The first-order chi connectivity index (χ1) is 8.13. The summed E-state index contributed by atoms with van der Waals surface area (Å²) in [6, 6.07) is 8.16. The molecular weight excluding hydrogens is 212 g/mol. The summed E-state index contributed by atoms with van der Waals surface area (Å²) in [7, 11) is 0. The zero-order valence-corrected chi connectivity index (χ0v) is 10.4. The Morgan fingerprint density at radius 3 is 2.94 bits per heavy atom. The molecule has 1 fully saturated rings. The third-order valence-electron chi connectivity index (χ3n) is 3.17. The van der Waals surface area contributed by atoms with Crippen molar-refractivity contribution in [3.8, 4) is 6.07 Å². The van der Waals surface area contributed by atoms with Crippen molar-refractivity contribution in [3.63, 3.8) is 0 Å². The third kappa shape index (κ3) is 2.78. The van der Waals surface area contributed by atoms with Gasteiger partial charge in [-0.25, -0.2) is 0 Å². The first-order valence-corrected chi connectivity index (χ1v) is 6.00. The first kappa shape index (κ1) is 11.9. The Bertz CT molecular complexity index is 442. The molecule has 1 saturated heterocycles. The largest absolute Gasteiger partial charge is 0.379 e. The van der Waals surface area contributed by atoms with Crippen molar-refractivity contribution in [3.05, 3.63) is 29.3 Å². The molecule has 0 radical (unpaired) electrons. The van der Waals surface area contributed by atoms with E-state index in [1.807, 2.05) is 25.1 Å². The highest BCUT2D eigenvalue weighted by Gasteiger charge is 2.27.